The lowest BCUT2D eigenvalue weighted by molar-refractivity contribution is -0.127. The van der Waals surface area contributed by atoms with E-state index in [1.807, 2.05) is 12.1 Å². The molecule has 1 aliphatic heterocycles. The standard InChI is InChI=1S/C22H32N2O4S/c1-22(2,3)17-10-11-19-18(14-17)24(29(4,26)27)15-20(28-19)21(25)23-13-12-16-8-6-5-7-9-16/h8,10-11,14,20H,5-7,9,12-13,15H2,1-4H3,(H,23,25)/t20-/m1/s1. The third-order valence-corrected chi connectivity index (χ3v) is 6.66. The molecule has 1 aromatic carbocycles. The van der Waals surface area contributed by atoms with Crippen LogP contribution in [0.25, 0.3) is 0 Å². The molecular weight excluding hydrogens is 388 g/mol. The zero-order valence-corrected chi connectivity index (χ0v) is 18.6. The molecule has 7 heteroatoms. The van der Waals surface area contributed by atoms with Crippen molar-refractivity contribution in [2.45, 2.75) is 64.4 Å². The lowest BCUT2D eigenvalue weighted by Crippen LogP contribution is -2.50. The molecule has 1 heterocycles. The van der Waals surface area contributed by atoms with Gasteiger partial charge in [-0.2, -0.15) is 0 Å². The lowest BCUT2D eigenvalue weighted by atomic mass is 9.86. The van der Waals surface area contributed by atoms with E-state index < -0.39 is 16.1 Å². The predicted molar refractivity (Wildman–Crippen MR) is 116 cm³/mol. The van der Waals surface area contributed by atoms with Crippen LogP contribution in [0.1, 0.15) is 58.4 Å². The number of nitrogens with one attached hydrogen (secondary N) is 1. The van der Waals surface area contributed by atoms with Crippen molar-refractivity contribution < 1.29 is 17.9 Å². The first-order valence-corrected chi connectivity index (χ1v) is 12.1. The fourth-order valence-electron chi connectivity index (χ4n) is 3.76. The number of anilines is 1. The second kappa shape index (κ2) is 8.38. The van der Waals surface area contributed by atoms with Crippen LogP contribution in [0.5, 0.6) is 5.75 Å². The minimum Gasteiger partial charge on any atom is -0.476 e. The molecule has 0 radical (unpaired) electrons. The van der Waals surface area contributed by atoms with Crippen molar-refractivity contribution in [1.82, 2.24) is 5.32 Å². The van der Waals surface area contributed by atoms with Gasteiger partial charge in [0.2, 0.25) is 10.0 Å². The molecule has 160 valence electrons. The summed E-state index contributed by atoms with van der Waals surface area (Å²) >= 11 is 0. The average Bonchev–Trinajstić information content (AvgIpc) is 2.66. The van der Waals surface area contributed by atoms with Gasteiger partial charge in [0.05, 0.1) is 18.5 Å². The smallest absolute Gasteiger partial charge is 0.263 e. The summed E-state index contributed by atoms with van der Waals surface area (Å²) in [5.74, 6) is 0.144. The Kier molecular flexibility index (Phi) is 6.27. The van der Waals surface area contributed by atoms with Gasteiger partial charge in [-0.3, -0.25) is 9.10 Å². The molecule has 0 spiro atoms. The third kappa shape index (κ3) is 5.32. The zero-order chi connectivity index (χ0) is 21.2. The Morgan fingerprint density at radius 3 is 2.66 bits per heavy atom. The van der Waals surface area contributed by atoms with Gasteiger partial charge in [0.1, 0.15) is 5.75 Å². The average molecular weight is 421 g/mol. The van der Waals surface area contributed by atoms with Gasteiger partial charge in [0.15, 0.2) is 6.10 Å². The monoisotopic (exact) mass is 420 g/mol. The Morgan fingerprint density at radius 2 is 2.03 bits per heavy atom. The maximum atomic E-state index is 12.7. The summed E-state index contributed by atoms with van der Waals surface area (Å²) < 4.78 is 32.0. The highest BCUT2D eigenvalue weighted by Crippen LogP contribution is 2.38. The number of fused-ring (bicyclic) bond motifs is 1. The van der Waals surface area contributed by atoms with Gasteiger partial charge in [0.25, 0.3) is 5.91 Å². The van der Waals surface area contributed by atoms with Crippen molar-refractivity contribution in [1.29, 1.82) is 0 Å². The van der Waals surface area contributed by atoms with E-state index in [-0.39, 0.29) is 17.9 Å². The first-order valence-electron chi connectivity index (χ1n) is 10.3. The van der Waals surface area contributed by atoms with E-state index >= 15 is 0 Å². The maximum Gasteiger partial charge on any atom is 0.263 e. The van der Waals surface area contributed by atoms with Crippen LogP contribution in [-0.2, 0) is 20.2 Å². The molecule has 1 N–H and O–H groups in total. The van der Waals surface area contributed by atoms with Gasteiger partial charge < -0.3 is 10.1 Å². The van der Waals surface area contributed by atoms with Crippen molar-refractivity contribution >= 4 is 21.6 Å². The van der Waals surface area contributed by atoms with Crippen LogP contribution >= 0.6 is 0 Å². The highest BCUT2D eigenvalue weighted by atomic mass is 32.2. The number of rotatable bonds is 5. The number of nitrogens with zero attached hydrogens (tertiary/aromatic N) is 1. The van der Waals surface area contributed by atoms with Crippen molar-refractivity contribution in [2.24, 2.45) is 0 Å². The van der Waals surface area contributed by atoms with Crippen LogP contribution in [0.15, 0.2) is 29.8 Å². The van der Waals surface area contributed by atoms with Crippen molar-refractivity contribution in [3.05, 3.63) is 35.4 Å². The van der Waals surface area contributed by atoms with E-state index in [2.05, 4.69) is 32.2 Å². The summed E-state index contributed by atoms with van der Waals surface area (Å²) in [5, 5.41) is 2.91. The Balaban J connectivity index is 1.74. The van der Waals surface area contributed by atoms with Crippen LogP contribution in [0, 0.1) is 0 Å². The van der Waals surface area contributed by atoms with E-state index in [4.69, 9.17) is 4.74 Å². The number of sulfonamides is 1. The number of amides is 1. The van der Waals surface area contributed by atoms with Crippen molar-refractivity contribution in [3.8, 4) is 5.75 Å². The van der Waals surface area contributed by atoms with Gasteiger partial charge in [0, 0.05) is 6.54 Å². The molecule has 0 saturated carbocycles. The molecule has 1 atom stereocenters. The molecular formula is C22H32N2O4S. The van der Waals surface area contributed by atoms with E-state index in [0.717, 1.165) is 31.1 Å². The minimum absolute atomic E-state index is 0.0199. The lowest BCUT2D eigenvalue weighted by Gasteiger charge is -2.35. The van der Waals surface area contributed by atoms with E-state index in [1.54, 1.807) is 6.07 Å². The van der Waals surface area contributed by atoms with Gasteiger partial charge in [-0.05, 0) is 55.2 Å². The number of hydrogen-bond acceptors (Lipinski definition) is 4. The van der Waals surface area contributed by atoms with Crippen LogP contribution in [0.3, 0.4) is 0 Å². The molecule has 0 aromatic heterocycles. The second-order valence-electron chi connectivity index (χ2n) is 8.98. The first-order chi connectivity index (χ1) is 13.6. The summed E-state index contributed by atoms with van der Waals surface area (Å²) in [7, 11) is -3.54. The van der Waals surface area contributed by atoms with Gasteiger partial charge in [-0.1, -0.05) is 38.5 Å². The number of carbonyl (C=O) groups is 1. The molecule has 1 aromatic rings. The molecule has 1 amide bonds. The highest BCUT2D eigenvalue weighted by Gasteiger charge is 2.35. The normalized spacial score (nSPS) is 19.8. The number of hydrogen-bond donors (Lipinski definition) is 1. The zero-order valence-electron chi connectivity index (χ0n) is 17.8. The van der Waals surface area contributed by atoms with Gasteiger partial charge in [-0.25, -0.2) is 8.42 Å². The fourth-order valence-corrected chi connectivity index (χ4v) is 4.67. The molecule has 29 heavy (non-hydrogen) atoms. The molecule has 2 aliphatic rings. The minimum atomic E-state index is -3.54. The van der Waals surface area contributed by atoms with Gasteiger partial charge in [-0.15, -0.1) is 0 Å². The molecule has 6 nitrogen and oxygen atoms in total. The Hall–Kier alpha value is -2.02. The predicted octanol–water partition coefficient (Wildman–Crippen LogP) is 3.52. The molecule has 0 bridgehead atoms. The molecule has 3 rings (SSSR count). The summed E-state index contributed by atoms with van der Waals surface area (Å²) in [6.45, 7) is 6.73. The number of benzene rings is 1. The Morgan fingerprint density at radius 1 is 1.28 bits per heavy atom. The van der Waals surface area contributed by atoms with Gasteiger partial charge >= 0.3 is 0 Å². The highest BCUT2D eigenvalue weighted by molar-refractivity contribution is 7.92. The van der Waals surface area contributed by atoms with Crippen molar-refractivity contribution in [2.75, 3.05) is 23.7 Å². The molecule has 0 saturated heterocycles. The largest absolute Gasteiger partial charge is 0.476 e. The van der Waals surface area contributed by atoms with E-state index in [1.165, 1.54) is 22.7 Å². The summed E-state index contributed by atoms with van der Waals surface area (Å²) in [4.78, 5) is 12.7. The van der Waals surface area contributed by atoms with Crippen LogP contribution < -0.4 is 14.4 Å². The third-order valence-electron chi connectivity index (χ3n) is 5.52. The SMILES string of the molecule is CC(C)(C)c1ccc2c(c1)N(S(C)(=O)=O)C[C@H](C(=O)NCCC1=CCCCC1)O2. The fraction of sp³-hybridized carbons (Fsp3) is 0.591. The summed E-state index contributed by atoms with van der Waals surface area (Å²) in [6, 6.07) is 5.54. The van der Waals surface area contributed by atoms with Crippen LogP contribution in [0.2, 0.25) is 0 Å². The maximum absolute atomic E-state index is 12.7. The Labute approximate surface area is 174 Å². The van der Waals surface area contributed by atoms with Crippen LogP contribution in [-0.4, -0.2) is 39.8 Å². The van der Waals surface area contributed by atoms with Crippen LogP contribution in [0.4, 0.5) is 5.69 Å². The van der Waals surface area contributed by atoms with E-state index in [9.17, 15) is 13.2 Å². The topological polar surface area (TPSA) is 75.7 Å². The molecule has 1 aliphatic carbocycles. The molecule has 0 fully saturated rings. The van der Waals surface area contributed by atoms with E-state index in [0.29, 0.717) is 18.0 Å². The summed E-state index contributed by atoms with van der Waals surface area (Å²) in [5.41, 5.74) is 2.77. The number of ether oxygens (including phenoxy) is 1. The number of allylic oxidation sites excluding steroid dienone is 1. The second-order valence-corrected chi connectivity index (χ2v) is 10.9. The Bertz CT molecular complexity index is 900. The first kappa shape index (κ1) is 21.7. The summed E-state index contributed by atoms with van der Waals surface area (Å²) in [6.07, 6.45) is 8.06. The van der Waals surface area contributed by atoms with Crippen molar-refractivity contribution in [3.63, 3.8) is 0 Å². The number of carbonyl (C=O) groups excluding carboxylic acids is 1. The molecule has 0 unspecified atom stereocenters. The quantitative estimate of drug-likeness (QED) is 0.740.